The quantitative estimate of drug-likeness (QED) is 0.175. The Hall–Kier alpha value is -6.90. The van der Waals surface area contributed by atoms with Gasteiger partial charge in [-0.3, -0.25) is 0 Å². The minimum absolute atomic E-state index is 0.123. The van der Waals surface area contributed by atoms with Gasteiger partial charge in [0.1, 0.15) is 11.2 Å². The summed E-state index contributed by atoms with van der Waals surface area (Å²) in [7, 11) is 0. The van der Waals surface area contributed by atoms with Gasteiger partial charge in [0.25, 0.3) is 0 Å². The summed E-state index contributed by atoms with van der Waals surface area (Å²) in [6.45, 7) is -7.15. The zero-order chi connectivity index (χ0) is 60.8. The summed E-state index contributed by atoms with van der Waals surface area (Å²) in [5, 5.41) is -2.27. The van der Waals surface area contributed by atoms with Crippen LogP contribution in [0.3, 0.4) is 0 Å². The highest BCUT2D eigenvalue weighted by Crippen LogP contribution is 2.51. The second-order valence-corrected chi connectivity index (χ2v) is 12.7. The van der Waals surface area contributed by atoms with Crippen molar-refractivity contribution in [2.75, 3.05) is 4.90 Å². The Morgan fingerprint density at radius 1 is 0.509 bits per heavy atom. The van der Waals surface area contributed by atoms with Crippen molar-refractivity contribution in [3.8, 4) is 33.4 Å². The number of benzene rings is 9. The van der Waals surface area contributed by atoms with Crippen LogP contribution in [0, 0.1) is 0 Å². The second-order valence-electron chi connectivity index (χ2n) is 12.7. The number of anilines is 3. The molecule has 0 unspecified atom stereocenters. The summed E-state index contributed by atoms with van der Waals surface area (Å²) in [5.41, 5.74) is -8.74. The molecule has 0 N–H and O–H groups in total. The Kier molecular flexibility index (Phi) is 3.16. The third kappa shape index (κ3) is 4.88. The molecule has 1 aliphatic rings. The maximum absolute atomic E-state index is 10.0. The van der Waals surface area contributed by atoms with Gasteiger partial charge < -0.3 is 9.32 Å². The maximum Gasteiger partial charge on any atom is 0.143 e. The molecule has 0 atom stereocenters. The molecule has 1 aliphatic carbocycles. The first-order valence-electron chi connectivity index (χ1n) is 30.8. The van der Waals surface area contributed by atoms with Crippen LogP contribution < -0.4 is 4.90 Å². The molecule has 0 saturated heterocycles. The van der Waals surface area contributed by atoms with E-state index in [2.05, 4.69) is 0 Å². The fourth-order valence-electron chi connectivity index (χ4n) is 7.13. The molecule has 0 radical (unpaired) electrons. The van der Waals surface area contributed by atoms with Crippen LogP contribution in [-0.2, 0) is 5.41 Å². The van der Waals surface area contributed by atoms with E-state index in [0.717, 1.165) is 35.2 Å². The number of rotatable bonds is 5. The second kappa shape index (κ2) is 12.1. The summed E-state index contributed by atoms with van der Waals surface area (Å²) in [6.07, 6.45) is 0. The van der Waals surface area contributed by atoms with Gasteiger partial charge in [0.05, 0.1) is 30.2 Å². The van der Waals surface area contributed by atoms with Crippen LogP contribution in [0.25, 0.3) is 76.9 Å². The first-order valence-corrected chi connectivity index (χ1v) is 16.8. The molecule has 0 aliphatic heterocycles. The molecule has 1 heterocycles. The van der Waals surface area contributed by atoms with Crippen LogP contribution >= 0.6 is 0 Å². The van der Waals surface area contributed by atoms with E-state index in [0.29, 0.717) is 0 Å². The van der Waals surface area contributed by atoms with E-state index < -0.39 is 213 Å². The van der Waals surface area contributed by atoms with Crippen LogP contribution in [0.1, 0.15) is 63.2 Å². The first-order chi connectivity index (χ1) is 38.6. The standard InChI is InChI=1S/C53H37NO/c1-53(2)48-20-9-7-16-43(48)44-31-29-40(33-49(44)53)54(39-28-22-34-12-3-4-14-37(34)32-39)38-26-23-36(24-27-38)42-30-25-35-13-5-6-15-41(35)51(42)47-19-11-18-46-45-17-8-10-21-50(45)55-52(46)47/h3-33H,1-2H3/i1D3,2D3,4D,5D,6D,8D,9D,10D,11D,12D,13D,14D,15D,16D,17D,18D,19D,21D,22D,25D,28D,29D,30D,33D. The van der Waals surface area contributed by atoms with E-state index in [1.807, 2.05) is 0 Å². The minimum atomic E-state index is -3.57. The molecule has 10 aromatic rings. The normalized spacial score (nSPS) is 20.7. The van der Waals surface area contributed by atoms with Gasteiger partial charge in [-0.05, 0) is 97.3 Å². The molecule has 2 nitrogen and oxygen atoms in total. The van der Waals surface area contributed by atoms with Crippen molar-refractivity contribution in [1.29, 1.82) is 0 Å². The van der Waals surface area contributed by atoms with Gasteiger partial charge >= 0.3 is 0 Å². The zero-order valence-corrected chi connectivity index (χ0v) is 28.1. The van der Waals surface area contributed by atoms with E-state index in [-0.39, 0.29) is 44.1 Å². The number of fused-ring (bicyclic) bond motifs is 8. The van der Waals surface area contributed by atoms with Gasteiger partial charge in [0, 0.05) is 52.6 Å². The summed E-state index contributed by atoms with van der Waals surface area (Å²) >= 11 is 0. The van der Waals surface area contributed by atoms with Gasteiger partial charge in [-0.2, -0.15) is 0 Å². The molecule has 2 heteroatoms. The van der Waals surface area contributed by atoms with Gasteiger partial charge in [-0.1, -0.05) is 159 Å². The first kappa shape index (κ1) is 14.4. The molecular formula is C53H37NO. The summed E-state index contributed by atoms with van der Waals surface area (Å²) in [4.78, 5) is 1.00. The van der Waals surface area contributed by atoms with Crippen LogP contribution in [0.5, 0.6) is 0 Å². The van der Waals surface area contributed by atoms with Gasteiger partial charge in [0.2, 0.25) is 0 Å². The molecule has 0 spiro atoms. The molecule has 0 saturated carbocycles. The smallest absolute Gasteiger partial charge is 0.143 e. The van der Waals surface area contributed by atoms with Crippen LogP contribution in [0.4, 0.5) is 17.1 Å². The number of hydrogen-bond donors (Lipinski definition) is 0. The van der Waals surface area contributed by atoms with E-state index in [1.54, 1.807) is 0 Å². The van der Waals surface area contributed by atoms with Crippen molar-refractivity contribution >= 4 is 60.5 Å². The highest BCUT2D eigenvalue weighted by Gasteiger charge is 2.35. The number of nitrogens with zero attached hydrogens (tertiary/aromatic N) is 1. The highest BCUT2D eigenvalue weighted by atomic mass is 16.3. The predicted octanol–water partition coefficient (Wildman–Crippen LogP) is 15.0. The number of furan rings is 1. The molecule has 0 bridgehead atoms. The summed E-state index contributed by atoms with van der Waals surface area (Å²) in [5.74, 6) is 0. The number of para-hydroxylation sites is 2. The van der Waals surface area contributed by atoms with E-state index in [9.17, 15) is 11.0 Å². The van der Waals surface area contributed by atoms with Crippen molar-refractivity contribution in [3.05, 3.63) is 199 Å². The van der Waals surface area contributed by atoms with Crippen molar-refractivity contribution in [2.45, 2.75) is 19.1 Å². The average molecular weight is 732 g/mol. The van der Waals surface area contributed by atoms with Crippen molar-refractivity contribution in [1.82, 2.24) is 0 Å². The molecule has 0 fully saturated rings. The van der Waals surface area contributed by atoms with Crippen LogP contribution in [-0.4, -0.2) is 0 Å². The number of hydrogen-bond acceptors (Lipinski definition) is 2. The molecule has 0 amide bonds. The van der Waals surface area contributed by atoms with Crippen molar-refractivity contribution in [2.24, 2.45) is 0 Å². The van der Waals surface area contributed by atoms with E-state index >= 15 is 0 Å². The third-order valence-corrected chi connectivity index (χ3v) is 9.64. The minimum Gasteiger partial charge on any atom is -0.455 e. The Morgan fingerprint density at radius 2 is 1.31 bits per heavy atom. The van der Waals surface area contributed by atoms with Crippen LogP contribution in [0.2, 0.25) is 0 Å². The third-order valence-electron chi connectivity index (χ3n) is 9.64. The Morgan fingerprint density at radius 3 is 2.22 bits per heavy atom. The van der Waals surface area contributed by atoms with Gasteiger partial charge in [-0.25, -0.2) is 0 Å². The zero-order valence-electron chi connectivity index (χ0n) is 56.1. The Bertz CT molecular complexity index is 4600. The molecule has 9 aromatic carbocycles. The van der Waals surface area contributed by atoms with Crippen molar-refractivity contribution in [3.63, 3.8) is 0 Å². The predicted molar refractivity (Wildman–Crippen MR) is 232 cm³/mol. The lowest BCUT2D eigenvalue weighted by Gasteiger charge is -2.28. The SMILES string of the molecule is [2H]c1cc([2H])c2c(c1)C(C([2H])([2H])[2H])(C([2H])([2H])[2H])c1c-2cc([2H])c(N(c2ccc(-c3c([2H])c([2H])c4c([2H])c([2H])c([2H])c([2H])c4c3-c3c([2H])c([2H])c([2H])c4c3oc3c([2H])c([2H])c([2H])c([2H])c34)cc2)c2cc3c([2H])c([2H])cc([2H])c3c([2H])c2[2H])c1[2H]. The van der Waals surface area contributed by atoms with E-state index in [1.165, 1.54) is 24.3 Å². The fourth-order valence-corrected chi connectivity index (χ4v) is 7.13. The molecular weight excluding hydrogens is 667 g/mol. The molecule has 55 heavy (non-hydrogen) atoms. The summed E-state index contributed by atoms with van der Waals surface area (Å²) in [6, 6.07) is -5.22. The topological polar surface area (TPSA) is 16.4 Å². The van der Waals surface area contributed by atoms with Gasteiger partial charge in [0.15, 0.2) is 0 Å². The fraction of sp³-hybridized carbons (Fsp3) is 0.0566. The average Bonchev–Trinajstić information content (AvgIpc) is 1.82. The lowest BCUT2D eigenvalue weighted by Crippen LogP contribution is -2.16. The molecule has 1 aromatic heterocycles. The molecule has 260 valence electrons. The van der Waals surface area contributed by atoms with Crippen LogP contribution in [0.15, 0.2) is 192 Å². The Labute approximate surface area is 359 Å². The maximum atomic E-state index is 10.0. The molecule has 11 rings (SSSR count). The van der Waals surface area contributed by atoms with E-state index in [4.69, 9.17) is 31.8 Å². The van der Waals surface area contributed by atoms with Crippen molar-refractivity contribution < 1.29 is 42.8 Å². The lowest BCUT2D eigenvalue weighted by atomic mass is 9.82. The van der Waals surface area contributed by atoms with Gasteiger partial charge in [-0.15, -0.1) is 0 Å². The monoisotopic (exact) mass is 731 g/mol. The largest absolute Gasteiger partial charge is 0.455 e. The lowest BCUT2D eigenvalue weighted by molar-refractivity contribution is 0.660. The Balaban J connectivity index is 1.27. The highest BCUT2D eigenvalue weighted by molar-refractivity contribution is 6.14. The summed E-state index contributed by atoms with van der Waals surface area (Å²) < 4.78 is 258.